The van der Waals surface area contributed by atoms with Gasteiger partial charge >= 0.3 is 0 Å². The van der Waals surface area contributed by atoms with Crippen LogP contribution in [0.3, 0.4) is 0 Å². The fourth-order valence-electron chi connectivity index (χ4n) is 3.06. The van der Waals surface area contributed by atoms with Crippen molar-refractivity contribution < 1.29 is 15.0 Å². The van der Waals surface area contributed by atoms with Crippen molar-refractivity contribution in [1.82, 2.24) is 4.90 Å². The third kappa shape index (κ3) is 7.31. The van der Waals surface area contributed by atoms with Crippen LogP contribution in [0, 0.1) is 0 Å². The van der Waals surface area contributed by atoms with Gasteiger partial charge in [-0.25, -0.2) is 0 Å². The maximum Gasteiger partial charge on any atom is 0.223 e. The number of benzene rings is 1. The van der Waals surface area contributed by atoms with E-state index in [0.29, 0.717) is 17.9 Å². The van der Waals surface area contributed by atoms with Gasteiger partial charge in [-0.3, -0.25) is 4.79 Å². The molecule has 0 aromatic heterocycles. The highest BCUT2D eigenvalue weighted by molar-refractivity contribution is 7.99. The molecule has 1 saturated heterocycles. The van der Waals surface area contributed by atoms with E-state index in [1.165, 1.54) is 0 Å². The second-order valence-corrected chi connectivity index (χ2v) is 8.18. The molecule has 1 aromatic carbocycles. The molecule has 6 heteroatoms. The molecule has 144 valence electrons. The average molecular weight is 398 g/mol. The van der Waals surface area contributed by atoms with E-state index in [1.54, 1.807) is 6.08 Å². The van der Waals surface area contributed by atoms with Crippen molar-refractivity contribution in [3.8, 4) is 0 Å². The van der Waals surface area contributed by atoms with E-state index >= 15 is 0 Å². The van der Waals surface area contributed by atoms with E-state index in [1.807, 2.05) is 47.0 Å². The van der Waals surface area contributed by atoms with Crippen molar-refractivity contribution in [1.29, 1.82) is 0 Å². The summed E-state index contributed by atoms with van der Waals surface area (Å²) in [5.74, 6) is 2.12. The Kier molecular flexibility index (Phi) is 9.54. The van der Waals surface area contributed by atoms with Gasteiger partial charge in [-0.05, 0) is 42.7 Å². The van der Waals surface area contributed by atoms with Gasteiger partial charge in [0.05, 0.1) is 12.1 Å². The Bertz CT molecular complexity index is 596. The van der Waals surface area contributed by atoms with Crippen molar-refractivity contribution in [2.75, 3.05) is 24.7 Å². The van der Waals surface area contributed by atoms with Gasteiger partial charge in [-0.2, -0.15) is 11.8 Å². The lowest BCUT2D eigenvalue weighted by Gasteiger charge is -2.22. The summed E-state index contributed by atoms with van der Waals surface area (Å²) < 4.78 is 0. The van der Waals surface area contributed by atoms with Gasteiger partial charge < -0.3 is 15.1 Å². The number of thioether (sulfide) groups is 1. The average Bonchev–Trinajstić information content (AvgIpc) is 2.96. The van der Waals surface area contributed by atoms with Crippen molar-refractivity contribution in [3.63, 3.8) is 0 Å². The van der Waals surface area contributed by atoms with Gasteiger partial charge in [0.25, 0.3) is 0 Å². The third-order valence-corrected chi connectivity index (χ3v) is 5.72. The van der Waals surface area contributed by atoms with E-state index in [2.05, 4.69) is 0 Å². The predicted octanol–water partition coefficient (Wildman–Crippen LogP) is 3.30. The molecular formula is C20H28ClNO3S. The fraction of sp³-hybridized carbons (Fsp3) is 0.550. The number of aliphatic hydroxyl groups is 2. The Morgan fingerprint density at radius 1 is 1.35 bits per heavy atom. The fourth-order valence-corrected chi connectivity index (χ4v) is 4.21. The number of likely N-dealkylation sites (tertiary alicyclic amines) is 1. The molecule has 1 aromatic rings. The standard InChI is InChI=1S/C20H28ClNO3S/c21-17-5-3-4-16(14-17)15-19(24)8-6-18-7-9-20(25)22(18)10-13-26-12-2-1-11-23/h3-6,8,14,18-19,23-24H,1-2,7,9-13,15H2/t18-,19+/m0/s1. The SMILES string of the molecule is O=C1CC[C@H](C=C[C@@H](O)Cc2cccc(Cl)c2)N1CCSCCCCO. The Hall–Kier alpha value is -1.01. The van der Waals surface area contributed by atoms with Crippen LogP contribution >= 0.6 is 23.4 Å². The molecule has 0 radical (unpaired) electrons. The summed E-state index contributed by atoms with van der Waals surface area (Å²) in [6, 6.07) is 7.58. The summed E-state index contributed by atoms with van der Waals surface area (Å²) in [7, 11) is 0. The number of amides is 1. The summed E-state index contributed by atoms with van der Waals surface area (Å²) in [4.78, 5) is 14.0. The van der Waals surface area contributed by atoms with E-state index < -0.39 is 6.10 Å². The summed E-state index contributed by atoms with van der Waals surface area (Å²) in [6.07, 6.45) is 6.93. The number of carbonyl (C=O) groups excluding carboxylic acids is 1. The lowest BCUT2D eigenvalue weighted by molar-refractivity contribution is -0.128. The summed E-state index contributed by atoms with van der Waals surface area (Å²) in [5.41, 5.74) is 0.994. The van der Waals surface area contributed by atoms with Gasteiger partial charge in [-0.1, -0.05) is 35.9 Å². The van der Waals surface area contributed by atoms with Crippen LogP contribution in [0.4, 0.5) is 0 Å². The Labute approximate surface area is 165 Å². The van der Waals surface area contributed by atoms with Crippen LogP contribution in [0.5, 0.6) is 0 Å². The molecule has 0 saturated carbocycles. The number of halogens is 1. The number of nitrogens with zero attached hydrogens (tertiary/aromatic N) is 1. The number of carbonyl (C=O) groups is 1. The van der Waals surface area contributed by atoms with Crippen LogP contribution in [0.25, 0.3) is 0 Å². The first-order valence-electron chi connectivity index (χ1n) is 9.19. The molecule has 1 fully saturated rings. The second-order valence-electron chi connectivity index (χ2n) is 6.52. The van der Waals surface area contributed by atoms with Crippen LogP contribution in [-0.4, -0.2) is 57.8 Å². The number of hydrogen-bond acceptors (Lipinski definition) is 4. The topological polar surface area (TPSA) is 60.8 Å². The highest BCUT2D eigenvalue weighted by Gasteiger charge is 2.28. The number of unbranched alkanes of at least 4 members (excludes halogenated alkanes) is 1. The van der Waals surface area contributed by atoms with Gasteiger partial charge in [0.15, 0.2) is 0 Å². The quantitative estimate of drug-likeness (QED) is 0.444. The first kappa shape index (κ1) is 21.3. The van der Waals surface area contributed by atoms with Gasteiger partial charge in [-0.15, -0.1) is 0 Å². The second kappa shape index (κ2) is 11.7. The number of aliphatic hydroxyl groups excluding tert-OH is 2. The zero-order valence-electron chi connectivity index (χ0n) is 15.0. The lowest BCUT2D eigenvalue weighted by Crippen LogP contribution is -2.34. The predicted molar refractivity (Wildman–Crippen MR) is 109 cm³/mol. The zero-order valence-corrected chi connectivity index (χ0v) is 16.6. The van der Waals surface area contributed by atoms with Crippen LogP contribution in [0.15, 0.2) is 36.4 Å². The van der Waals surface area contributed by atoms with Crippen LogP contribution in [0.2, 0.25) is 5.02 Å². The minimum Gasteiger partial charge on any atom is -0.396 e. The molecule has 2 atom stereocenters. The van der Waals surface area contributed by atoms with Crippen LogP contribution < -0.4 is 0 Å². The van der Waals surface area contributed by atoms with Crippen molar-refractivity contribution >= 4 is 29.3 Å². The van der Waals surface area contributed by atoms with E-state index in [4.69, 9.17) is 16.7 Å². The molecule has 1 amide bonds. The molecule has 2 N–H and O–H groups in total. The van der Waals surface area contributed by atoms with Crippen molar-refractivity contribution in [2.24, 2.45) is 0 Å². The molecule has 1 heterocycles. The van der Waals surface area contributed by atoms with E-state index in [9.17, 15) is 9.90 Å². The minimum atomic E-state index is -0.584. The Balaban J connectivity index is 1.78. The maximum absolute atomic E-state index is 12.1. The lowest BCUT2D eigenvalue weighted by atomic mass is 10.1. The van der Waals surface area contributed by atoms with Gasteiger partial charge in [0.1, 0.15) is 0 Å². The summed E-state index contributed by atoms with van der Waals surface area (Å²) in [5, 5.41) is 19.7. The molecule has 0 spiro atoms. The monoisotopic (exact) mass is 397 g/mol. The molecule has 26 heavy (non-hydrogen) atoms. The number of hydrogen-bond donors (Lipinski definition) is 2. The van der Waals surface area contributed by atoms with E-state index in [0.717, 1.165) is 42.9 Å². The Morgan fingerprint density at radius 2 is 2.19 bits per heavy atom. The number of rotatable bonds is 11. The maximum atomic E-state index is 12.1. The third-order valence-electron chi connectivity index (χ3n) is 4.44. The minimum absolute atomic E-state index is 0.0783. The highest BCUT2D eigenvalue weighted by atomic mass is 35.5. The largest absolute Gasteiger partial charge is 0.396 e. The van der Waals surface area contributed by atoms with Crippen LogP contribution in [0.1, 0.15) is 31.2 Å². The smallest absolute Gasteiger partial charge is 0.223 e. The van der Waals surface area contributed by atoms with E-state index in [-0.39, 0.29) is 18.6 Å². The summed E-state index contributed by atoms with van der Waals surface area (Å²) in [6.45, 7) is 0.984. The molecule has 0 unspecified atom stereocenters. The molecule has 1 aliphatic heterocycles. The normalized spacial score (nSPS) is 18.8. The molecule has 4 nitrogen and oxygen atoms in total. The first-order chi connectivity index (χ1) is 12.6. The Morgan fingerprint density at radius 3 is 2.96 bits per heavy atom. The highest BCUT2D eigenvalue weighted by Crippen LogP contribution is 2.21. The molecule has 0 bridgehead atoms. The first-order valence-corrected chi connectivity index (χ1v) is 10.7. The van der Waals surface area contributed by atoms with Crippen LogP contribution in [-0.2, 0) is 11.2 Å². The molecule has 0 aliphatic carbocycles. The molecule has 2 rings (SSSR count). The zero-order chi connectivity index (χ0) is 18.8. The molecular weight excluding hydrogens is 370 g/mol. The molecule has 1 aliphatic rings. The summed E-state index contributed by atoms with van der Waals surface area (Å²) >= 11 is 7.80. The van der Waals surface area contributed by atoms with Gasteiger partial charge in [0.2, 0.25) is 5.91 Å². The van der Waals surface area contributed by atoms with Crippen molar-refractivity contribution in [2.45, 2.75) is 44.2 Å². The van der Waals surface area contributed by atoms with Crippen molar-refractivity contribution in [3.05, 3.63) is 47.0 Å². The van der Waals surface area contributed by atoms with Gasteiger partial charge in [0, 0.05) is 36.8 Å².